The van der Waals surface area contributed by atoms with Crippen molar-refractivity contribution in [2.75, 3.05) is 0 Å². The first-order chi connectivity index (χ1) is 13.1. The first-order valence-electron chi connectivity index (χ1n) is 8.15. The first-order valence-corrected chi connectivity index (χ1v) is 8.15. The largest absolute Gasteiger partial charge is 0.364 e. The SMILES string of the molecule is Cn1cc(-c2ccc(-c3cncnc3)nc2C(N)=O)c(-c2ccccn2)n1. The molecule has 132 valence electrons. The van der Waals surface area contributed by atoms with Crippen LogP contribution in [0.1, 0.15) is 10.5 Å². The van der Waals surface area contributed by atoms with E-state index in [0.29, 0.717) is 28.2 Å². The fourth-order valence-corrected chi connectivity index (χ4v) is 2.83. The highest BCUT2D eigenvalue weighted by Crippen LogP contribution is 2.32. The highest BCUT2D eigenvalue weighted by atomic mass is 16.1. The van der Waals surface area contributed by atoms with E-state index < -0.39 is 5.91 Å². The highest BCUT2D eigenvalue weighted by molar-refractivity contribution is 6.00. The van der Waals surface area contributed by atoms with Gasteiger partial charge < -0.3 is 5.73 Å². The molecule has 0 radical (unpaired) electrons. The van der Waals surface area contributed by atoms with Gasteiger partial charge in [-0.15, -0.1) is 0 Å². The van der Waals surface area contributed by atoms with Crippen LogP contribution in [0.5, 0.6) is 0 Å². The molecule has 1 amide bonds. The van der Waals surface area contributed by atoms with Crippen LogP contribution in [0.4, 0.5) is 0 Å². The molecule has 0 saturated heterocycles. The van der Waals surface area contributed by atoms with Crippen molar-refractivity contribution in [3.8, 4) is 33.8 Å². The summed E-state index contributed by atoms with van der Waals surface area (Å²) in [6.07, 6.45) is 8.20. The second-order valence-electron chi connectivity index (χ2n) is 5.86. The average molecular weight is 357 g/mol. The number of aromatic nitrogens is 6. The number of amides is 1. The molecule has 0 atom stereocenters. The Bertz CT molecular complexity index is 1110. The zero-order valence-corrected chi connectivity index (χ0v) is 14.4. The van der Waals surface area contributed by atoms with Gasteiger partial charge in [0, 0.05) is 48.5 Å². The number of nitrogens with zero attached hydrogens (tertiary/aromatic N) is 6. The van der Waals surface area contributed by atoms with Crippen LogP contribution in [0, 0.1) is 0 Å². The van der Waals surface area contributed by atoms with Crippen molar-refractivity contribution in [1.29, 1.82) is 0 Å². The van der Waals surface area contributed by atoms with E-state index in [9.17, 15) is 4.79 Å². The van der Waals surface area contributed by atoms with E-state index >= 15 is 0 Å². The summed E-state index contributed by atoms with van der Waals surface area (Å²) in [5.41, 5.74) is 9.71. The normalized spacial score (nSPS) is 10.7. The predicted octanol–water partition coefficient (Wildman–Crippen LogP) is 2.10. The molecule has 4 aromatic heterocycles. The van der Waals surface area contributed by atoms with Gasteiger partial charge in [-0.3, -0.25) is 14.5 Å². The van der Waals surface area contributed by atoms with Crippen molar-refractivity contribution >= 4 is 5.91 Å². The zero-order valence-electron chi connectivity index (χ0n) is 14.4. The van der Waals surface area contributed by atoms with Crippen LogP contribution in [-0.2, 0) is 7.05 Å². The number of primary amides is 1. The number of nitrogens with two attached hydrogens (primary N) is 1. The Hall–Kier alpha value is -3.94. The van der Waals surface area contributed by atoms with Gasteiger partial charge in [-0.1, -0.05) is 6.07 Å². The number of aryl methyl sites for hydroxylation is 1. The van der Waals surface area contributed by atoms with E-state index in [4.69, 9.17) is 5.73 Å². The van der Waals surface area contributed by atoms with E-state index in [1.165, 1.54) is 6.33 Å². The van der Waals surface area contributed by atoms with Crippen molar-refractivity contribution in [3.63, 3.8) is 0 Å². The maximum atomic E-state index is 12.1. The number of hydrogen-bond acceptors (Lipinski definition) is 6. The fraction of sp³-hybridized carbons (Fsp3) is 0.0526. The molecule has 0 spiro atoms. The van der Waals surface area contributed by atoms with Crippen LogP contribution in [0.25, 0.3) is 33.8 Å². The third-order valence-electron chi connectivity index (χ3n) is 4.01. The smallest absolute Gasteiger partial charge is 0.267 e. The molecule has 4 heterocycles. The number of carbonyl (C=O) groups is 1. The molecule has 0 aliphatic heterocycles. The lowest BCUT2D eigenvalue weighted by Gasteiger charge is -2.09. The fourth-order valence-electron chi connectivity index (χ4n) is 2.83. The van der Waals surface area contributed by atoms with Gasteiger partial charge in [0.25, 0.3) is 5.91 Å². The Kier molecular flexibility index (Phi) is 4.13. The van der Waals surface area contributed by atoms with Crippen molar-refractivity contribution in [1.82, 2.24) is 29.7 Å². The van der Waals surface area contributed by atoms with E-state index in [1.807, 2.05) is 31.4 Å². The molecule has 0 aliphatic rings. The molecule has 0 unspecified atom stereocenters. The van der Waals surface area contributed by atoms with E-state index in [2.05, 4.69) is 25.0 Å². The van der Waals surface area contributed by atoms with Crippen LogP contribution >= 0.6 is 0 Å². The maximum absolute atomic E-state index is 12.1. The summed E-state index contributed by atoms with van der Waals surface area (Å²) in [7, 11) is 1.81. The van der Waals surface area contributed by atoms with Gasteiger partial charge in [0.2, 0.25) is 0 Å². The van der Waals surface area contributed by atoms with Crippen LogP contribution in [-0.4, -0.2) is 35.6 Å². The van der Waals surface area contributed by atoms with Gasteiger partial charge in [-0.2, -0.15) is 5.10 Å². The lowest BCUT2D eigenvalue weighted by molar-refractivity contribution is 0.0996. The summed E-state index contributed by atoms with van der Waals surface area (Å²) in [5.74, 6) is -0.625. The average Bonchev–Trinajstić information content (AvgIpc) is 3.10. The Morgan fingerprint density at radius 1 is 1.04 bits per heavy atom. The van der Waals surface area contributed by atoms with Crippen LogP contribution in [0.15, 0.2) is 61.4 Å². The van der Waals surface area contributed by atoms with Crippen molar-refractivity contribution in [3.05, 3.63) is 67.1 Å². The quantitative estimate of drug-likeness (QED) is 0.598. The van der Waals surface area contributed by atoms with Gasteiger partial charge in [0.15, 0.2) is 0 Å². The standard InChI is InChI=1S/C19H15N7O/c1-26-10-14(17(25-26)16-4-2-3-7-23-16)13-5-6-15(24-18(13)19(20)27)12-8-21-11-22-9-12/h2-11H,1H3,(H2,20,27). The summed E-state index contributed by atoms with van der Waals surface area (Å²) in [4.78, 5) is 28.9. The van der Waals surface area contributed by atoms with Gasteiger partial charge in [0.05, 0.1) is 11.4 Å². The molecule has 27 heavy (non-hydrogen) atoms. The van der Waals surface area contributed by atoms with Gasteiger partial charge >= 0.3 is 0 Å². The molecule has 4 aromatic rings. The van der Waals surface area contributed by atoms with E-state index in [0.717, 1.165) is 5.56 Å². The summed E-state index contributed by atoms with van der Waals surface area (Å²) < 4.78 is 1.67. The second-order valence-corrected chi connectivity index (χ2v) is 5.86. The minimum absolute atomic E-state index is 0.154. The van der Waals surface area contributed by atoms with Crippen molar-refractivity contribution in [2.24, 2.45) is 12.8 Å². The lowest BCUT2D eigenvalue weighted by Crippen LogP contribution is -2.15. The summed E-state index contributed by atoms with van der Waals surface area (Å²) in [6, 6.07) is 9.18. The zero-order chi connectivity index (χ0) is 18.8. The molecule has 8 heteroatoms. The third-order valence-corrected chi connectivity index (χ3v) is 4.01. The third kappa shape index (κ3) is 3.15. The molecule has 2 N–H and O–H groups in total. The lowest BCUT2D eigenvalue weighted by atomic mass is 10.0. The molecular formula is C19H15N7O. The molecule has 0 fully saturated rings. The number of pyridine rings is 2. The highest BCUT2D eigenvalue weighted by Gasteiger charge is 2.20. The van der Waals surface area contributed by atoms with Crippen LogP contribution in [0.2, 0.25) is 0 Å². The van der Waals surface area contributed by atoms with Crippen LogP contribution in [0.3, 0.4) is 0 Å². The summed E-state index contributed by atoms with van der Waals surface area (Å²) >= 11 is 0. The van der Waals surface area contributed by atoms with Crippen molar-refractivity contribution in [2.45, 2.75) is 0 Å². The number of rotatable bonds is 4. The summed E-state index contributed by atoms with van der Waals surface area (Å²) in [5, 5.41) is 4.49. The molecule has 4 rings (SSSR count). The molecule has 0 saturated carbocycles. The molecule has 0 aromatic carbocycles. The molecular weight excluding hydrogens is 342 g/mol. The minimum atomic E-state index is -0.625. The van der Waals surface area contributed by atoms with E-state index in [1.54, 1.807) is 35.4 Å². The van der Waals surface area contributed by atoms with Gasteiger partial charge in [0.1, 0.15) is 17.7 Å². The maximum Gasteiger partial charge on any atom is 0.267 e. The topological polar surface area (TPSA) is 112 Å². The van der Waals surface area contributed by atoms with E-state index in [-0.39, 0.29) is 5.69 Å². The van der Waals surface area contributed by atoms with Crippen LogP contribution < -0.4 is 5.73 Å². The Morgan fingerprint density at radius 3 is 2.56 bits per heavy atom. The molecule has 8 nitrogen and oxygen atoms in total. The minimum Gasteiger partial charge on any atom is -0.364 e. The Balaban J connectivity index is 1.89. The predicted molar refractivity (Wildman–Crippen MR) is 99.2 cm³/mol. The molecule has 0 aliphatic carbocycles. The van der Waals surface area contributed by atoms with Crippen molar-refractivity contribution < 1.29 is 4.79 Å². The molecule has 0 bridgehead atoms. The second kappa shape index (κ2) is 6.75. The summed E-state index contributed by atoms with van der Waals surface area (Å²) in [6.45, 7) is 0. The number of carbonyl (C=O) groups excluding carboxylic acids is 1. The Labute approximate surface area is 154 Å². The Morgan fingerprint density at radius 2 is 1.85 bits per heavy atom. The number of hydrogen-bond donors (Lipinski definition) is 1. The first kappa shape index (κ1) is 16.5. The van der Waals surface area contributed by atoms with Gasteiger partial charge in [-0.25, -0.2) is 15.0 Å². The van der Waals surface area contributed by atoms with Gasteiger partial charge in [-0.05, 0) is 24.3 Å². The monoisotopic (exact) mass is 357 g/mol.